The average molecular weight is 403 g/mol. The summed E-state index contributed by atoms with van der Waals surface area (Å²) in [7, 11) is 0. The fraction of sp³-hybridized carbons (Fsp3) is 0.429. The molecule has 4 nitrogen and oxygen atoms in total. The molecule has 0 bridgehead atoms. The van der Waals surface area contributed by atoms with Crippen LogP contribution in [0.4, 0.5) is 14.6 Å². The van der Waals surface area contributed by atoms with E-state index in [-0.39, 0.29) is 6.04 Å². The molecule has 0 saturated carbocycles. The van der Waals surface area contributed by atoms with Crippen LogP contribution >= 0.6 is 11.3 Å². The highest BCUT2D eigenvalue weighted by Crippen LogP contribution is 2.39. The number of nitrogens with two attached hydrogens (primary N) is 1. The van der Waals surface area contributed by atoms with E-state index in [4.69, 9.17) is 10.7 Å². The second kappa shape index (κ2) is 7.72. The van der Waals surface area contributed by atoms with E-state index in [1.807, 2.05) is 6.92 Å². The SMILES string of the molecule is CC1CCc2c(sc3nc(CCNC(C)c4ccc(F)cc4F)nc(N)c23)C1. The third kappa shape index (κ3) is 3.73. The molecule has 1 aromatic carbocycles. The summed E-state index contributed by atoms with van der Waals surface area (Å²) in [5, 5.41) is 4.28. The molecule has 3 aromatic rings. The molecule has 0 fully saturated rings. The molecule has 0 saturated heterocycles. The predicted molar refractivity (Wildman–Crippen MR) is 109 cm³/mol. The van der Waals surface area contributed by atoms with E-state index in [9.17, 15) is 8.78 Å². The zero-order valence-corrected chi connectivity index (χ0v) is 16.9. The van der Waals surface area contributed by atoms with Gasteiger partial charge in [0.1, 0.15) is 28.1 Å². The number of hydrogen-bond acceptors (Lipinski definition) is 5. The molecule has 3 N–H and O–H groups in total. The number of rotatable bonds is 5. The number of halogens is 2. The second-order valence-electron chi connectivity index (χ2n) is 7.65. The molecule has 4 rings (SSSR count). The van der Waals surface area contributed by atoms with Crippen LogP contribution in [0.25, 0.3) is 10.2 Å². The Morgan fingerprint density at radius 2 is 2.14 bits per heavy atom. The maximum absolute atomic E-state index is 13.9. The van der Waals surface area contributed by atoms with Gasteiger partial charge >= 0.3 is 0 Å². The molecule has 148 valence electrons. The highest BCUT2D eigenvalue weighted by Gasteiger charge is 2.23. The molecule has 0 aliphatic heterocycles. The van der Waals surface area contributed by atoms with Crippen LogP contribution in [-0.4, -0.2) is 16.5 Å². The van der Waals surface area contributed by atoms with Gasteiger partial charge in [-0.2, -0.15) is 0 Å². The maximum atomic E-state index is 13.9. The Morgan fingerprint density at radius 3 is 2.93 bits per heavy atom. The lowest BCUT2D eigenvalue weighted by atomic mass is 9.89. The summed E-state index contributed by atoms with van der Waals surface area (Å²) >= 11 is 1.74. The number of thiophene rings is 1. The van der Waals surface area contributed by atoms with Gasteiger partial charge in [-0.25, -0.2) is 18.7 Å². The number of hydrogen-bond donors (Lipinski definition) is 2. The Kier molecular flexibility index (Phi) is 5.29. The van der Waals surface area contributed by atoms with Crippen molar-refractivity contribution in [3.8, 4) is 0 Å². The van der Waals surface area contributed by atoms with Crippen molar-refractivity contribution in [1.82, 2.24) is 15.3 Å². The Balaban J connectivity index is 1.46. The highest BCUT2D eigenvalue weighted by molar-refractivity contribution is 7.19. The Morgan fingerprint density at radius 1 is 1.32 bits per heavy atom. The third-order valence-electron chi connectivity index (χ3n) is 5.46. The van der Waals surface area contributed by atoms with Gasteiger partial charge in [0.05, 0.1) is 5.39 Å². The van der Waals surface area contributed by atoms with E-state index in [1.165, 1.54) is 29.0 Å². The molecule has 2 unspecified atom stereocenters. The summed E-state index contributed by atoms with van der Waals surface area (Å²) in [6, 6.07) is 3.41. The van der Waals surface area contributed by atoms with Gasteiger partial charge < -0.3 is 11.1 Å². The van der Waals surface area contributed by atoms with Crippen molar-refractivity contribution in [1.29, 1.82) is 0 Å². The number of aryl methyl sites for hydroxylation is 1. The summed E-state index contributed by atoms with van der Waals surface area (Å²) in [4.78, 5) is 11.6. The van der Waals surface area contributed by atoms with E-state index in [0.717, 1.165) is 29.1 Å². The van der Waals surface area contributed by atoms with Crippen LogP contribution in [0.15, 0.2) is 18.2 Å². The number of anilines is 1. The number of nitrogen functional groups attached to an aromatic ring is 1. The molecule has 0 spiro atoms. The normalized spacial score (nSPS) is 17.6. The zero-order valence-electron chi connectivity index (χ0n) is 16.1. The van der Waals surface area contributed by atoms with Crippen molar-refractivity contribution in [2.24, 2.45) is 5.92 Å². The molecule has 1 aliphatic carbocycles. The minimum atomic E-state index is -0.571. The van der Waals surface area contributed by atoms with Crippen molar-refractivity contribution in [2.75, 3.05) is 12.3 Å². The van der Waals surface area contributed by atoms with Crippen LogP contribution in [0, 0.1) is 17.6 Å². The number of benzene rings is 1. The summed E-state index contributed by atoms with van der Waals surface area (Å²) in [5.74, 6) is 0.839. The topological polar surface area (TPSA) is 63.8 Å². The first kappa shape index (κ1) is 19.2. The second-order valence-corrected chi connectivity index (χ2v) is 8.73. The number of nitrogens with one attached hydrogen (secondary N) is 1. The van der Waals surface area contributed by atoms with Gasteiger partial charge in [0.15, 0.2) is 0 Å². The Labute approximate surface area is 167 Å². The average Bonchev–Trinajstić information content (AvgIpc) is 2.99. The lowest BCUT2D eigenvalue weighted by Crippen LogP contribution is -2.23. The van der Waals surface area contributed by atoms with Crippen molar-refractivity contribution in [3.63, 3.8) is 0 Å². The largest absolute Gasteiger partial charge is 0.383 e. The van der Waals surface area contributed by atoms with Gasteiger partial charge in [0.25, 0.3) is 0 Å². The lowest BCUT2D eigenvalue weighted by molar-refractivity contribution is 0.509. The van der Waals surface area contributed by atoms with Gasteiger partial charge in [-0.3, -0.25) is 0 Å². The van der Waals surface area contributed by atoms with E-state index in [0.29, 0.717) is 36.1 Å². The summed E-state index contributed by atoms with van der Waals surface area (Å²) in [6.07, 6.45) is 3.91. The van der Waals surface area contributed by atoms with Crippen molar-refractivity contribution in [3.05, 3.63) is 51.7 Å². The van der Waals surface area contributed by atoms with Crippen molar-refractivity contribution >= 4 is 27.4 Å². The molecular formula is C21H24F2N4S. The lowest BCUT2D eigenvalue weighted by Gasteiger charge is -2.17. The monoisotopic (exact) mass is 402 g/mol. The minimum absolute atomic E-state index is 0.239. The summed E-state index contributed by atoms with van der Waals surface area (Å²) < 4.78 is 27.0. The fourth-order valence-electron chi connectivity index (χ4n) is 3.89. The van der Waals surface area contributed by atoms with Crippen LogP contribution in [0.5, 0.6) is 0 Å². The van der Waals surface area contributed by atoms with Crippen LogP contribution in [0.2, 0.25) is 0 Å². The molecule has 1 aliphatic rings. The smallest absolute Gasteiger partial charge is 0.136 e. The maximum Gasteiger partial charge on any atom is 0.136 e. The van der Waals surface area contributed by atoms with Gasteiger partial charge in [-0.05, 0) is 43.7 Å². The first-order valence-electron chi connectivity index (χ1n) is 9.67. The first-order chi connectivity index (χ1) is 13.4. The third-order valence-corrected chi connectivity index (χ3v) is 6.61. The van der Waals surface area contributed by atoms with Crippen molar-refractivity contribution < 1.29 is 8.78 Å². The number of aromatic nitrogens is 2. The Hall–Kier alpha value is -2.12. The quantitative estimate of drug-likeness (QED) is 0.656. The highest BCUT2D eigenvalue weighted by atomic mass is 32.1. The molecule has 0 radical (unpaired) electrons. The minimum Gasteiger partial charge on any atom is -0.383 e. The molecule has 2 heterocycles. The number of nitrogens with zero attached hydrogens (tertiary/aromatic N) is 2. The zero-order chi connectivity index (χ0) is 19.8. The van der Waals surface area contributed by atoms with Gasteiger partial charge in [-0.15, -0.1) is 11.3 Å². The van der Waals surface area contributed by atoms with E-state index in [1.54, 1.807) is 11.3 Å². The van der Waals surface area contributed by atoms with Crippen LogP contribution in [-0.2, 0) is 19.3 Å². The Bertz CT molecular complexity index is 1020. The number of fused-ring (bicyclic) bond motifs is 3. The molecule has 0 amide bonds. The van der Waals surface area contributed by atoms with Crippen LogP contribution in [0.1, 0.15) is 48.1 Å². The standard InChI is InChI=1S/C21H24F2N4S/c1-11-3-5-15-17(9-11)28-21-19(15)20(24)26-18(27-21)7-8-25-12(2)14-6-4-13(22)10-16(14)23/h4,6,10-12,25H,3,5,7-9H2,1-2H3,(H2,24,26,27). The van der Waals surface area contributed by atoms with Gasteiger partial charge in [-0.1, -0.05) is 13.0 Å². The molecular weight excluding hydrogens is 378 g/mol. The first-order valence-corrected chi connectivity index (χ1v) is 10.5. The molecule has 28 heavy (non-hydrogen) atoms. The predicted octanol–water partition coefficient (Wildman–Crippen LogP) is 4.57. The molecule has 2 aromatic heterocycles. The van der Waals surface area contributed by atoms with Gasteiger partial charge in [0.2, 0.25) is 0 Å². The van der Waals surface area contributed by atoms with E-state index in [2.05, 4.69) is 17.2 Å². The van der Waals surface area contributed by atoms with E-state index < -0.39 is 11.6 Å². The summed E-state index contributed by atoms with van der Waals surface area (Å²) in [5.41, 5.74) is 8.04. The molecule has 2 atom stereocenters. The van der Waals surface area contributed by atoms with E-state index >= 15 is 0 Å². The van der Waals surface area contributed by atoms with Crippen LogP contribution < -0.4 is 11.1 Å². The van der Waals surface area contributed by atoms with Gasteiger partial charge in [0, 0.05) is 35.5 Å². The fourth-order valence-corrected chi connectivity index (χ4v) is 5.30. The van der Waals surface area contributed by atoms with Crippen LogP contribution in [0.3, 0.4) is 0 Å². The molecule has 7 heteroatoms. The van der Waals surface area contributed by atoms with Crippen molar-refractivity contribution in [2.45, 2.75) is 45.6 Å². The summed E-state index contributed by atoms with van der Waals surface area (Å²) in [6.45, 7) is 4.71.